The van der Waals surface area contributed by atoms with Gasteiger partial charge in [-0.05, 0) is 18.2 Å². The Bertz CT molecular complexity index is 698. The fourth-order valence-corrected chi connectivity index (χ4v) is 2.82. The van der Waals surface area contributed by atoms with E-state index in [9.17, 15) is 8.42 Å². The molecule has 0 saturated carbocycles. The van der Waals surface area contributed by atoms with Crippen LogP contribution in [-0.4, -0.2) is 18.0 Å². The van der Waals surface area contributed by atoms with Gasteiger partial charge in [0.25, 0.3) is 0 Å². The van der Waals surface area contributed by atoms with Gasteiger partial charge >= 0.3 is 0 Å². The van der Waals surface area contributed by atoms with Crippen LogP contribution in [0.5, 0.6) is 0 Å². The molecule has 1 N–H and O–H groups in total. The number of nitrogens with one attached hydrogen (secondary N) is 1. The van der Waals surface area contributed by atoms with Crippen LogP contribution in [0.4, 0.5) is 0 Å². The molecule has 0 aliphatic rings. The zero-order valence-electron chi connectivity index (χ0n) is 9.97. The summed E-state index contributed by atoms with van der Waals surface area (Å²) in [7, 11) is -1.85. The maximum atomic E-state index is 12.1. The smallest absolute Gasteiger partial charge is 0.241 e. The summed E-state index contributed by atoms with van der Waals surface area (Å²) in [5.74, 6) is 0.614. The van der Waals surface area contributed by atoms with Crippen LogP contribution in [0.25, 0.3) is 0 Å². The lowest BCUT2D eigenvalue weighted by atomic mass is 10.4. The molecule has 8 heteroatoms. The molecule has 0 atom stereocenters. The van der Waals surface area contributed by atoms with Crippen molar-refractivity contribution in [2.75, 3.05) is 0 Å². The van der Waals surface area contributed by atoms with Gasteiger partial charge in [0.15, 0.2) is 0 Å². The average molecular weight is 320 g/mol. The second kappa shape index (κ2) is 5.50. The lowest BCUT2D eigenvalue weighted by Gasteiger charge is -2.07. The molecule has 1 aromatic heterocycles. The van der Waals surface area contributed by atoms with Crippen molar-refractivity contribution >= 4 is 33.2 Å². The van der Waals surface area contributed by atoms with E-state index in [4.69, 9.17) is 23.2 Å². The topological polar surface area (TPSA) is 64.0 Å². The summed E-state index contributed by atoms with van der Waals surface area (Å²) in [4.78, 5) is 4.10. The number of nitrogens with zero attached hydrogens (tertiary/aromatic N) is 2. The van der Waals surface area contributed by atoms with Crippen LogP contribution >= 0.6 is 23.2 Å². The Balaban J connectivity index is 2.18. The molecule has 0 bridgehead atoms. The summed E-state index contributed by atoms with van der Waals surface area (Å²) in [6.07, 6.45) is 3.34. The largest absolute Gasteiger partial charge is 0.337 e. The minimum Gasteiger partial charge on any atom is -0.337 e. The van der Waals surface area contributed by atoms with Crippen LogP contribution in [0.3, 0.4) is 0 Å². The number of halogens is 2. The van der Waals surface area contributed by atoms with Crippen molar-refractivity contribution in [3.63, 3.8) is 0 Å². The van der Waals surface area contributed by atoms with Crippen molar-refractivity contribution in [2.45, 2.75) is 11.4 Å². The van der Waals surface area contributed by atoms with Gasteiger partial charge in [-0.1, -0.05) is 23.2 Å². The molecule has 0 fully saturated rings. The number of imidazole rings is 1. The molecule has 19 heavy (non-hydrogen) atoms. The molecule has 5 nitrogen and oxygen atoms in total. The molecule has 102 valence electrons. The molecule has 0 aliphatic carbocycles. The highest BCUT2D eigenvalue weighted by atomic mass is 35.5. The number of aromatic nitrogens is 2. The van der Waals surface area contributed by atoms with Crippen molar-refractivity contribution in [1.29, 1.82) is 0 Å². The van der Waals surface area contributed by atoms with E-state index in [0.717, 1.165) is 0 Å². The fourth-order valence-electron chi connectivity index (χ4n) is 1.45. The average Bonchev–Trinajstić information content (AvgIpc) is 2.76. The number of sulfonamides is 1. The van der Waals surface area contributed by atoms with Crippen molar-refractivity contribution < 1.29 is 8.42 Å². The Hall–Kier alpha value is -1.08. The first-order valence-electron chi connectivity index (χ1n) is 5.31. The van der Waals surface area contributed by atoms with Crippen molar-refractivity contribution in [1.82, 2.24) is 14.3 Å². The lowest BCUT2D eigenvalue weighted by Crippen LogP contribution is -2.24. The predicted octanol–water partition coefficient (Wildman–Crippen LogP) is 2.21. The quantitative estimate of drug-likeness (QED) is 0.939. The highest BCUT2D eigenvalue weighted by Gasteiger charge is 2.16. The number of hydrogen-bond acceptors (Lipinski definition) is 3. The van der Waals surface area contributed by atoms with Crippen LogP contribution in [0, 0.1) is 0 Å². The molecular weight excluding hydrogens is 309 g/mol. The van der Waals surface area contributed by atoms with Crippen LogP contribution in [-0.2, 0) is 23.6 Å². The van der Waals surface area contributed by atoms with Gasteiger partial charge < -0.3 is 4.57 Å². The van der Waals surface area contributed by atoms with E-state index in [1.807, 2.05) is 0 Å². The molecule has 0 aliphatic heterocycles. The number of hydrogen-bond donors (Lipinski definition) is 1. The molecule has 0 unspecified atom stereocenters. The zero-order chi connectivity index (χ0) is 14.0. The normalized spacial score (nSPS) is 11.7. The first-order chi connectivity index (χ1) is 8.90. The van der Waals surface area contributed by atoms with Crippen LogP contribution < -0.4 is 4.72 Å². The molecule has 2 rings (SSSR count). The Morgan fingerprint density at radius 3 is 2.63 bits per heavy atom. The maximum absolute atomic E-state index is 12.1. The second-order valence-corrected chi connectivity index (χ2v) is 6.44. The van der Waals surface area contributed by atoms with Gasteiger partial charge in [0, 0.05) is 19.4 Å². The van der Waals surface area contributed by atoms with E-state index in [1.54, 1.807) is 24.0 Å². The van der Waals surface area contributed by atoms with Crippen molar-refractivity contribution in [2.24, 2.45) is 7.05 Å². The summed E-state index contributed by atoms with van der Waals surface area (Å²) in [6.45, 7) is 0.103. The summed E-state index contributed by atoms with van der Waals surface area (Å²) in [6, 6.07) is 4.15. The first kappa shape index (κ1) is 14.3. The van der Waals surface area contributed by atoms with Gasteiger partial charge in [0.05, 0.1) is 21.5 Å². The lowest BCUT2D eigenvalue weighted by molar-refractivity contribution is 0.577. The Morgan fingerprint density at radius 1 is 1.32 bits per heavy atom. The van der Waals surface area contributed by atoms with E-state index < -0.39 is 10.0 Å². The SMILES string of the molecule is Cn1ccnc1CNS(=O)(=O)c1ccc(Cl)c(Cl)c1. The highest BCUT2D eigenvalue weighted by Crippen LogP contribution is 2.24. The van der Waals surface area contributed by atoms with Gasteiger partial charge in [0.2, 0.25) is 10.0 Å². The van der Waals surface area contributed by atoms with Gasteiger partial charge in [-0.25, -0.2) is 18.1 Å². The third kappa shape index (κ3) is 3.27. The zero-order valence-corrected chi connectivity index (χ0v) is 12.3. The third-order valence-electron chi connectivity index (χ3n) is 2.54. The van der Waals surface area contributed by atoms with Gasteiger partial charge in [-0.3, -0.25) is 0 Å². The number of rotatable bonds is 4. The molecule has 0 saturated heterocycles. The van der Waals surface area contributed by atoms with Crippen molar-refractivity contribution in [3.8, 4) is 0 Å². The molecule has 1 aromatic carbocycles. The third-order valence-corrected chi connectivity index (χ3v) is 4.68. The van der Waals surface area contributed by atoms with Gasteiger partial charge in [-0.2, -0.15) is 0 Å². The Morgan fingerprint density at radius 2 is 2.05 bits per heavy atom. The number of aryl methyl sites for hydroxylation is 1. The van der Waals surface area contributed by atoms with Gasteiger partial charge in [-0.15, -0.1) is 0 Å². The second-order valence-electron chi connectivity index (χ2n) is 3.85. The summed E-state index contributed by atoms with van der Waals surface area (Å²) >= 11 is 11.6. The summed E-state index contributed by atoms with van der Waals surface area (Å²) < 4.78 is 28.3. The predicted molar refractivity (Wildman–Crippen MR) is 73.7 cm³/mol. The van der Waals surface area contributed by atoms with E-state index in [2.05, 4.69) is 9.71 Å². The van der Waals surface area contributed by atoms with E-state index >= 15 is 0 Å². The summed E-state index contributed by atoms with van der Waals surface area (Å²) in [5, 5.41) is 0.506. The fraction of sp³-hybridized carbons (Fsp3) is 0.182. The van der Waals surface area contributed by atoms with Crippen LogP contribution in [0.1, 0.15) is 5.82 Å². The van der Waals surface area contributed by atoms with Crippen molar-refractivity contribution in [3.05, 3.63) is 46.5 Å². The maximum Gasteiger partial charge on any atom is 0.241 e. The molecule has 0 radical (unpaired) electrons. The number of benzene rings is 1. The van der Waals surface area contributed by atoms with E-state index in [-0.39, 0.29) is 16.5 Å². The molecular formula is C11H11Cl2N3O2S. The van der Waals surface area contributed by atoms with E-state index in [1.165, 1.54) is 18.2 Å². The molecule has 2 aromatic rings. The monoisotopic (exact) mass is 319 g/mol. The van der Waals surface area contributed by atoms with Crippen LogP contribution in [0.15, 0.2) is 35.5 Å². The highest BCUT2D eigenvalue weighted by molar-refractivity contribution is 7.89. The first-order valence-corrected chi connectivity index (χ1v) is 7.55. The minimum atomic E-state index is -3.64. The standard InChI is InChI=1S/C11H11Cl2N3O2S/c1-16-5-4-14-11(16)7-15-19(17,18)8-2-3-9(12)10(13)6-8/h2-6,15H,7H2,1H3. The van der Waals surface area contributed by atoms with Gasteiger partial charge in [0.1, 0.15) is 5.82 Å². The molecule has 0 amide bonds. The molecule has 0 spiro atoms. The Labute approximate surface area is 121 Å². The summed E-state index contributed by atoms with van der Waals surface area (Å²) in [5.41, 5.74) is 0. The molecule has 1 heterocycles. The van der Waals surface area contributed by atoms with E-state index in [0.29, 0.717) is 10.8 Å². The minimum absolute atomic E-state index is 0.0658. The Kier molecular flexibility index (Phi) is 4.15. The van der Waals surface area contributed by atoms with Crippen LogP contribution in [0.2, 0.25) is 10.0 Å².